The summed E-state index contributed by atoms with van der Waals surface area (Å²) in [6.45, 7) is 10.1. The molecule has 2 heteroatoms. The van der Waals surface area contributed by atoms with Gasteiger partial charge in [-0.2, -0.15) is 0 Å². The van der Waals surface area contributed by atoms with Crippen LogP contribution >= 0.6 is 0 Å². The lowest BCUT2D eigenvalue weighted by Crippen LogP contribution is -2.41. The maximum Gasteiger partial charge on any atom is 0.225 e. The highest BCUT2D eigenvalue weighted by Gasteiger charge is 2.25. The molecule has 0 aromatic carbocycles. The Hall–Kier alpha value is -0.530. The van der Waals surface area contributed by atoms with Crippen molar-refractivity contribution in [1.29, 1.82) is 0 Å². The summed E-state index contributed by atoms with van der Waals surface area (Å²) >= 11 is 0. The normalized spacial score (nSPS) is 14.1. The molecule has 1 amide bonds. The van der Waals surface area contributed by atoms with Crippen molar-refractivity contribution in [2.45, 2.75) is 53.5 Å². The molecule has 0 heterocycles. The maximum atomic E-state index is 11.6. The molecule has 0 aliphatic carbocycles. The van der Waals surface area contributed by atoms with Crippen molar-refractivity contribution in [1.82, 2.24) is 5.32 Å². The van der Waals surface area contributed by atoms with E-state index in [0.29, 0.717) is 6.04 Å². The second-order valence-corrected chi connectivity index (χ2v) is 4.02. The Balaban J connectivity index is 4.03. The molecule has 0 saturated heterocycles. The van der Waals surface area contributed by atoms with Crippen molar-refractivity contribution >= 4 is 5.91 Å². The van der Waals surface area contributed by atoms with Crippen LogP contribution in [0.4, 0.5) is 0 Å². The molecule has 0 aromatic rings. The van der Waals surface area contributed by atoms with Gasteiger partial charge in [-0.1, -0.05) is 27.7 Å². The van der Waals surface area contributed by atoms with E-state index in [-0.39, 0.29) is 11.3 Å². The fraction of sp³-hybridized carbons (Fsp3) is 0.900. The zero-order chi connectivity index (χ0) is 9.78. The molecule has 0 spiro atoms. The zero-order valence-electron chi connectivity index (χ0n) is 8.90. The summed E-state index contributed by atoms with van der Waals surface area (Å²) in [5, 5.41) is 2.98. The monoisotopic (exact) mass is 171 g/mol. The number of hydrogen-bond donors (Lipinski definition) is 1. The summed E-state index contributed by atoms with van der Waals surface area (Å²) in [7, 11) is 0. The first-order valence-electron chi connectivity index (χ1n) is 4.75. The Labute approximate surface area is 75.7 Å². The molecular weight excluding hydrogens is 150 g/mol. The van der Waals surface area contributed by atoms with Crippen LogP contribution in [0.25, 0.3) is 0 Å². The molecule has 1 N–H and O–H groups in total. The van der Waals surface area contributed by atoms with Crippen molar-refractivity contribution in [2.24, 2.45) is 5.41 Å². The van der Waals surface area contributed by atoms with Gasteiger partial charge in [0, 0.05) is 11.5 Å². The molecule has 0 radical (unpaired) electrons. The van der Waals surface area contributed by atoms with Crippen LogP contribution in [-0.2, 0) is 4.79 Å². The summed E-state index contributed by atoms with van der Waals surface area (Å²) in [5.41, 5.74) is -0.219. The third kappa shape index (κ3) is 3.24. The van der Waals surface area contributed by atoms with Gasteiger partial charge in [-0.25, -0.2) is 0 Å². The smallest absolute Gasteiger partial charge is 0.225 e. The second-order valence-electron chi connectivity index (χ2n) is 4.02. The van der Waals surface area contributed by atoms with Crippen LogP contribution < -0.4 is 5.32 Å². The van der Waals surface area contributed by atoms with Crippen LogP contribution in [0.3, 0.4) is 0 Å². The highest BCUT2D eigenvalue weighted by Crippen LogP contribution is 2.19. The third-order valence-corrected chi connectivity index (χ3v) is 2.49. The molecule has 1 unspecified atom stereocenters. The van der Waals surface area contributed by atoms with E-state index in [1.165, 1.54) is 0 Å². The van der Waals surface area contributed by atoms with Crippen molar-refractivity contribution in [3.8, 4) is 0 Å². The largest absolute Gasteiger partial charge is 0.353 e. The quantitative estimate of drug-likeness (QED) is 0.691. The van der Waals surface area contributed by atoms with Gasteiger partial charge in [0.1, 0.15) is 0 Å². The van der Waals surface area contributed by atoms with Crippen LogP contribution in [0.1, 0.15) is 47.5 Å². The van der Waals surface area contributed by atoms with Crippen LogP contribution in [0.5, 0.6) is 0 Å². The molecule has 12 heavy (non-hydrogen) atoms. The molecule has 0 fully saturated rings. The van der Waals surface area contributed by atoms with Gasteiger partial charge in [-0.3, -0.25) is 4.79 Å². The van der Waals surface area contributed by atoms with Crippen LogP contribution in [0.15, 0.2) is 0 Å². The van der Waals surface area contributed by atoms with E-state index >= 15 is 0 Å². The third-order valence-electron chi connectivity index (χ3n) is 2.49. The Morgan fingerprint density at radius 2 is 1.92 bits per heavy atom. The van der Waals surface area contributed by atoms with Gasteiger partial charge < -0.3 is 5.32 Å². The molecule has 0 aliphatic heterocycles. The summed E-state index contributed by atoms with van der Waals surface area (Å²) in [6, 6.07) is 0.295. The number of carbonyl (C=O) groups is 1. The van der Waals surface area contributed by atoms with Crippen molar-refractivity contribution in [3.63, 3.8) is 0 Å². The van der Waals surface area contributed by atoms with Gasteiger partial charge in [0.05, 0.1) is 0 Å². The van der Waals surface area contributed by atoms with Gasteiger partial charge in [0.15, 0.2) is 0 Å². The Morgan fingerprint density at radius 1 is 1.42 bits per heavy atom. The van der Waals surface area contributed by atoms with E-state index in [2.05, 4.69) is 12.2 Å². The van der Waals surface area contributed by atoms with E-state index in [4.69, 9.17) is 0 Å². The van der Waals surface area contributed by atoms with Gasteiger partial charge in [0.2, 0.25) is 5.91 Å². The van der Waals surface area contributed by atoms with E-state index in [1.54, 1.807) is 0 Å². The SMILES string of the molecule is CCC(C)NC(=O)C(C)(C)CC. The fourth-order valence-electron chi connectivity index (χ4n) is 0.682. The van der Waals surface area contributed by atoms with Gasteiger partial charge in [-0.15, -0.1) is 0 Å². The first kappa shape index (κ1) is 11.5. The maximum absolute atomic E-state index is 11.6. The Kier molecular flexibility index (Phi) is 4.29. The van der Waals surface area contributed by atoms with Gasteiger partial charge in [-0.05, 0) is 19.8 Å². The van der Waals surface area contributed by atoms with Crippen molar-refractivity contribution in [2.75, 3.05) is 0 Å². The standard InChI is InChI=1S/C10H21NO/c1-6-8(3)11-9(12)10(4,5)7-2/h8H,6-7H2,1-5H3,(H,11,12). The lowest BCUT2D eigenvalue weighted by molar-refractivity contribution is -0.130. The first-order valence-corrected chi connectivity index (χ1v) is 4.75. The predicted octanol–water partition coefficient (Wildman–Crippen LogP) is 2.34. The highest BCUT2D eigenvalue weighted by atomic mass is 16.2. The molecule has 0 saturated carbocycles. The number of amides is 1. The van der Waals surface area contributed by atoms with E-state index in [1.807, 2.05) is 27.7 Å². The van der Waals surface area contributed by atoms with E-state index in [0.717, 1.165) is 12.8 Å². The molecule has 0 aromatic heterocycles. The average molecular weight is 171 g/mol. The molecule has 2 nitrogen and oxygen atoms in total. The molecule has 1 atom stereocenters. The summed E-state index contributed by atoms with van der Waals surface area (Å²) in [5.74, 6) is 0.166. The minimum absolute atomic E-state index is 0.166. The van der Waals surface area contributed by atoms with E-state index in [9.17, 15) is 4.79 Å². The lowest BCUT2D eigenvalue weighted by Gasteiger charge is -2.23. The Bertz CT molecular complexity index is 152. The number of carbonyl (C=O) groups excluding carboxylic acids is 1. The molecule has 0 rings (SSSR count). The average Bonchev–Trinajstić information content (AvgIpc) is 2.04. The molecule has 72 valence electrons. The number of hydrogen-bond acceptors (Lipinski definition) is 1. The minimum Gasteiger partial charge on any atom is -0.353 e. The van der Waals surface area contributed by atoms with Gasteiger partial charge >= 0.3 is 0 Å². The predicted molar refractivity (Wildman–Crippen MR) is 52.0 cm³/mol. The Morgan fingerprint density at radius 3 is 2.25 bits per heavy atom. The molecule has 0 aliphatic rings. The molecular formula is C10H21NO. The first-order chi connectivity index (χ1) is 5.44. The fourth-order valence-corrected chi connectivity index (χ4v) is 0.682. The van der Waals surface area contributed by atoms with Gasteiger partial charge in [0.25, 0.3) is 0 Å². The topological polar surface area (TPSA) is 29.1 Å². The van der Waals surface area contributed by atoms with E-state index < -0.39 is 0 Å². The highest BCUT2D eigenvalue weighted by molar-refractivity contribution is 5.81. The van der Waals surface area contributed by atoms with Crippen LogP contribution in [-0.4, -0.2) is 11.9 Å². The number of nitrogens with one attached hydrogen (secondary N) is 1. The van der Waals surface area contributed by atoms with Crippen molar-refractivity contribution < 1.29 is 4.79 Å². The lowest BCUT2D eigenvalue weighted by atomic mass is 9.89. The summed E-state index contributed by atoms with van der Waals surface area (Å²) in [6.07, 6.45) is 1.88. The summed E-state index contributed by atoms with van der Waals surface area (Å²) < 4.78 is 0. The second kappa shape index (κ2) is 4.48. The zero-order valence-corrected chi connectivity index (χ0v) is 8.90. The summed E-state index contributed by atoms with van der Waals surface area (Å²) in [4.78, 5) is 11.6. The van der Waals surface area contributed by atoms with Crippen LogP contribution in [0, 0.1) is 5.41 Å². The van der Waals surface area contributed by atoms with Crippen molar-refractivity contribution in [3.05, 3.63) is 0 Å². The number of rotatable bonds is 4. The van der Waals surface area contributed by atoms with Crippen LogP contribution in [0.2, 0.25) is 0 Å². The molecule has 0 bridgehead atoms. The minimum atomic E-state index is -0.219.